The third kappa shape index (κ3) is 3.01. The van der Waals surface area contributed by atoms with Crippen molar-refractivity contribution in [1.82, 2.24) is 0 Å². The van der Waals surface area contributed by atoms with Crippen LogP contribution in [0.2, 0.25) is 5.02 Å². The Hall–Kier alpha value is -2.00. The number of hydrogen-bond donors (Lipinski definition) is 1. The highest BCUT2D eigenvalue weighted by molar-refractivity contribution is 6.30. The molecule has 0 radical (unpaired) electrons. The molecule has 2 aromatic rings. The minimum atomic E-state index is -0.319. The van der Waals surface area contributed by atoms with E-state index in [1.807, 2.05) is 31.2 Å². The average molecular weight is 344 g/mol. The molecule has 3 rings (SSSR count). The van der Waals surface area contributed by atoms with E-state index in [0.717, 1.165) is 22.4 Å². The summed E-state index contributed by atoms with van der Waals surface area (Å²) in [6, 6.07) is 14.0. The Kier molecular flexibility index (Phi) is 4.31. The van der Waals surface area contributed by atoms with E-state index in [1.165, 1.54) is 6.92 Å². The van der Waals surface area contributed by atoms with Crippen molar-refractivity contribution < 1.29 is 9.53 Å². The summed E-state index contributed by atoms with van der Waals surface area (Å²) < 4.78 is 5.76. The molecule has 0 aliphatic carbocycles. The molecule has 0 unspecified atom stereocenters. The topological polar surface area (TPSA) is 38.3 Å². The first-order chi connectivity index (χ1) is 11.3. The molecule has 0 amide bonds. The maximum atomic E-state index is 11.7. The first-order valence-corrected chi connectivity index (χ1v) is 8.46. The van der Waals surface area contributed by atoms with Crippen LogP contribution in [0.15, 0.2) is 42.5 Å². The second kappa shape index (κ2) is 6.14. The first kappa shape index (κ1) is 16.8. The minimum Gasteiger partial charge on any atom is -0.457 e. The molecule has 2 atom stereocenters. The van der Waals surface area contributed by atoms with E-state index < -0.39 is 0 Å². The normalized spacial score (nSPS) is 21.5. The summed E-state index contributed by atoms with van der Waals surface area (Å²) in [7, 11) is 0. The van der Waals surface area contributed by atoms with Crippen molar-refractivity contribution in [3.8, 4) is 0 Å². The Morgan fingerprint density at radius 1 is 1.17 bits per heavy atom. The average Bonchev–Trinajstić information content (AvgIpc) is 2.51. The number of hydrogen-bond acceptors (Lipinski definition) is 3. The van der Waals surface area contributed by atoms with E-state index in [4.69, 9.17) is 16.3 Å². The molecule has 0 bridgehead atoms. The van der Waals surface area contributed by atoms with Gasteiger partial charge in [0, 0.05) is 28.6 Å². The van der Waals surface area contributed by atoms with Crippen LogP contribution in [0.4, 0.5) is 5.69 Å². The summed E-state index contributed by atoms with van der Waals surface area (Å²) in [6.45, 7) is 7.75. The Labute approximate surface area is 148 Å². The molecular formula is C20H22ClNO2. The second-order valence-electron chi connectivity index (χ2n) is 7.03. The highest BCUT2D eigenvalue weighted by atomic mass is 35.5. The van der Waals surface area contributed by atoms with Crippen molar-refractivity contribution in [2.45, 2.75) is 39.8 Å². The van der Waals surface area contributed by atoms with Crippen molar-refractivity contribution >= 4 is 23.3 Å². The fourth-order valence-electron chi connectivity index (χ4n) is 3.47. The number of carbonyl (C=O) groups excluding carboxylic acids is 1. The summed E-state index contributed by atoms with van der Waals surface area (Å²) in [5.74, 6) is -0.266. The van der Waals surface area contributed by atoms with E-state index in [2.05, 4.69) is 37.4 Å². The van der Waals surface area contributed by atoms with Gasteiger partial charge in [0.15, 0.2) is 0 Å². The lowest BCUT2D eigenvalue weighted by Gasteiger charge is -2.46. The number of carbonyl (C=O) groups is 1. The SMILES string of the molecule is CC(=O)O[C@@H]1c2cc(C)ccc2N[C@@H](c2ccc(Cl)cc2)C1(C)C. The number of nitrogens with one attached hydrogen (secondary N) is 1. The monoisotopic (exact) mass is 343 g/mol. The molecule has 3 nitrogen and oxygen atoms in total. The van der Waals surface area contributed by atoms with Crippen LogP contribution in [0.5, 0.6) is 0 Å². The quantitative estimate of drug-likeness (QED) is 0.737. The predicted molar refractivity (Wildman–Crippen MR) is 97.3 cm³/mol. The van der Waals surface area contributed by atoms with Gasteiger partial charge in [0.1, 0.15) is 6.10 Å². The minimum absolute atomic E-state index is 0.00863. The number of benzene rings is 2. The fourth-order valence-corrected chi connectivity index (χ4v) is 3.60. The number of ether oxygens (including phenoxy) is 1. The number of fused-ring (bicyclic) bond motifs is 1. The van der Waals surface area contributed by atoms with Gasteiger partial charge >= 0.3 is 5.97 Å². The maximum Gasteiger partial charge on any atom is 0.303 e. The molecule has 1 heterocycles. The molecule has 0 spiro atoms. The van der Waals surface area contributed by atoms with Gasteiger partial charge in [-0.05, 0) is 30.7 Å². The van der Waals surface area contributed by atoms with Gasteiger partial charge in [0.2, 0.25) is 0 Å². The zero-order valence-corrected chi connectivity index (χ0v) is 15.1. The fraction of sp³-hybridized carbons (Fsp3) is 0.350. The van der Waals surface area contributed by atoms with Gasteiger partial charge in [-0.15, -0.1) is 0 Å². The van der Waals surface area contributed by atoms with Crippen LogP contribution in [0.1, 0.15) is 49.6 Å². The van der Waals surface area contributed by atoms with Gasteiger partial charge in [0.05, 0.1) is 6.04 Å². The summed E-state index contributed by atoms with van der Waals surface area (Å²) in [4.78, 5) is 11.7. The first-order valence-electron chi connectivity index (χ1n) is 8.09. The molecule has 1 aliphatic heterocycles. The molecule has 0 saturated heterocycles. The van der Waals surface area contributed by atoms with Crippen molar-refractivity contribution in [3.05, 3.63) is 64.2 Å². The van der Waals surface area contributed by atoms with E-state index >= 15 is 0 Å². The van der Waals surface area contributed by atoms with Crippen LogP contribution >= 0.6 is 11.6 Å². The molecule has 1 aliphatic rings. The van der Waals surface area contributed by atoms with Gasteiger partial charge in [-0.1, -0.05) is 55.3 Å². The number of halogens is 1. The molecule has 126 valence electrons. The highest BCUT2D eigenvalue weighted by Crippen LogP contribution is 2.53. The number of aryl methyl sites for hydroxylation is 1. The van der Waals surface area contributed by atoms with Crippen LogP contribution < -0.4 is 5.32 Å². The van der Waals surface area contributed by atoms with Gasteiger partial charge in [-0.25, -0.2) is 0 Å². The lowest BCUT2D eigenvalue weighted by molar-refractivity contribution is -0.154. The van der Waals surface area contributed by atoms with Gasteiger partial charge in [0.25, 0.3) is 0 Å². The van der Waals surface area contributed by atoms with Gasteiger partial charge in [-0.3, -0.25) is 4.79 Å². The van der Waals surface area contributed by atoms with E-state index in [9.17, 15) is 4.79 Å². The smallest absolute Gasteiger partial charge is 0.303 e. The van der Waals surface area contributed by atoms with E-state index in [-0.39, 0.29) is 23.5 Å². The third-order valence-electron chi connectivity index (χ3n) is 4.70. The standard InChI is InChI=1S/C20H22ClNO2/c1-12-5-10-17-16(11-12)19(24-13(2)23)20(3,4)18(22-17)14-6-8-15(21)9-7-14/h5-11,18-19,22H,1-4H3/t18-,19+/m0/s1. The van der Waals surface area contributed by atoms with Crippen LogP contribution in [-0.4, -0.2) is 5.97 Å². The van der Waals surface area contributed by atoms with Gasteiger partial charge < -0.3 is 10.1 Å². The number of esters is 1. The maximum absolute atomic E-state index is 11.7. The zero-order chi connectivity index (χ0) is 17.5. The van der Waals surface area contributed by atoms with Gasteiger partial charge in [-0.2, -0.15) is 0 Å². The molecule has 0 fully saturated rings. The molecule has 24 heavy (non-hydrogen) atoms. The molecule has 0 aromatic heterocycles. The van der Waals surface area contributed by atoms with Crippen molar-refractivity contribution in [2.75, 3.05) is 5.32 Å². The summed E-state index contributed by atoms with van der Waals surface area (Å²) in [6.07, 6.45) is -0.313. The number of anilines is 1. The van der Waals surface area contributed by atoms with Crippen LogP contribution in [0.3, 0.4) is 0 Å². The predicted octanol–water partition coefficient (Wildman–Crippen LogP) is 5.45. The second-order valence-corrected chi connectivity index (χ2v) is 7.47. The third-order valence-corrected chi connectivity index (χ3v) is 4.95. The molecule has 2 aromatic carbocycles. The van der Waals surface area contributed by atoms with Crippen LogP contribution in [0.25, 0.3) is 0 Å². The Morgan fingerprint density at radius 2 is 1.83 bits per heavy atom. The summed E-state index contributed by atoms with van der Waals surface area (Å²) in [5, 5.41) is 4.33. The Bertz CT molecular complexity index is 768. The Morgan fingerprint density at radius 3 is 2.46 bits per heavy atom. The highest BCUT2D eigenvalue weighted by Gasteiger charge is 2.46. The zero-order valence-electron chi connectivity index (χ0n) is 14.4. The molecule has 4 heteroatoms. The number of rotatable bonds is 2. The molecular weight excluding hydrogens is 322 g/mol. The van der Waals surface area contributed by atoms with Crippen molar-refractivity contribution in [1.29, 1.82) is 0 Å². The van der Waals surface area contributed by atoms with E-state index in [0.29, 0.717) is 5.02 Å². The van der Waals surface area contributed by atoms with Crippen molar-refractivity contribution in [2.24, 2.45) is 5.41 Å². The van der Waals surface area contributed by atoms with Crippen LogP contribution in [-0.2, 0) is 9.53 Å². The lowest BCUT2D eigenvalue weighted by atomic mass is 9.70. The summed E-state index contributed by atoms with van der Waals surface area (Å²) in [5.41, 5.74) is 3.98. The largest absolute Gasteiger partial charge is 0.457 e. The Balaban J connectivity index is 2.11. The van der Waals surface area contributed by atoms with Crippen molar-refractivity contribution in [3.63, 3.8) is 0 Å². The molecule has 1 N–H and O–H groups in total. The van der Waals surface area contributed by atoms with E-state index in [1.54, 1.807) is 0 Å². The van der Waals surface area contributed by atoms with Crippen LogP contribution in [0, 0.1) is 12.3 Å². The lowest BCUT2D eigenvalue weighted by Crippen LogP contribution is -2.40. The summed E-state index contributed by atoms with van der Waals surface area (Å²) >= 11 is 6.03. The molecule has 0 saturated carbocycles.